The number of aliphatic hydroxyl groups excluding tert-OH is 1. The van der Waals surface area contributed by atoms with Crippen LogP contribution in [0.1, 0.15) is 34.1 Å². The number of alkyl halides is 1. The molecule has 0 aromatic rings. The normalized spacial score (nSPS) is 33.6. The van der Waals surface area contributed by atoms with Gasteiger partial charge in [0.1, 0.15) is 11.6 Å². The average molecular weight is 526 g/mol. The second-order valence-corrected chi connectivity index (χ2v) is 11.5. The molecule has 0 radical (unpaired) electrons. The highest BCUT2D eigenvalue weighted by Gasteiger charge is 2.77. The summed E-state index contributed by atoms with van der Waals surface area (Å²) in [4.78, 5) is 45.9. The maximum absolute atomic E-state index is 14.1. The van der Waals surface area contributed by atoms with Crippen LogP contribution in [0.25, 0.3) is 0 Å². The Labute approximate surface area is 204 Å². The monoisotopic (exact) mass is 525 g/mol. The number of amides is 3. The first-order valence-electron chi connectivity index (χ1n) is 11.4. The van der Waals surface area contributed by atoms with Crippen molar-refractivity contribution in [3.05, 3.63) is 25.3 Å². The van der Waals surface area contributed by atoms with Crippen LogP contribution in [0.3, 0.4) is 0 Å². The highest BCUT2D eigenvalue weighted by Crippen LogP contribution is 2.60. The molecule has 3 saturated heterocycles. The topological polar surface area (TPSA) is 90.4 Å². The highest BCUT2D eigenvalue weighted by atomic mass is 79.9. The van der Waals surface area contributed by atoms with E-state index < -0.39 is 41.2 Å². The fourth-order valence-corrected chi connectivity index (χ4v) is 6.64. The van der Waals surface area contributed by atoms with Crippen molar-refractivity contribution in [1.29, 1.82) is 0 Å². The van der Waals surface area contributed by atoms with Crippen LogP contribution < -0.4 is 0 Å². The lowest BCUT2D eigenvalue weighted by molar-refractivity contribution is -0.154. The van der Waals surface area contributed by atoms with Gasteiger partial charge in [0.25, 0.3) is 0 Å². The van der Waals surface area contributed by atoms with Gasteiger partial charge in [-0.05, 0) is 34.1 Å². The highest BCUT2D eigenvalue weighted by molar-refractivity contribution is 9.09. The summed E-state index contributed by atoms with van der Waals surface area (Å²) in [5.41, 5.74) is -1.67. The third-order valence-corrected chi connectivity index (χ3v) is 8.00. The molecule has 3 fully saturated rings. The van der Waals surface area contributed by atoms with E-state index in [9.17, 15) is 19.5 Å². The van der Waals surface area contributed by atoms with E-state index >= 15 is 0 Å². The number of ether oxygens (including phenoxy) is 1. The standard InChI is InChI=1S/C24H36BrN3O5/c1-8-10-26(7)20(30)16-17-21(31)28(14(3)13-29)19(24(17)12-15(25)18(16)33-24)22(32)27(11-9-2)23(4,5)6/h8-9,14-19,29H,1-2,10-13H2,3-7H3/t14-,15?,16-,17+,18-,19?,24?/m1/s1. The Kier molecular flexibility index (Phi) is 7.18. The van der Waals surface area contributed by atoms with Crippen LogP contribution in [0.15, 0.2) is 25.3 Å². The number of carbonyl (C=O) groups excluding carboxylic acids is 3. The minimum absolute atomic E-state index is 0.171. The molecule has 0 aromatic heterocycles. The summed E-state index contributed by atoms with van der Waals surface area (Å²) in [5, 5.41) is 9.96. The lowest BCUT2D eigenvalue weighted by Crippen LogP contribution is -2.61. The minimum Gasteiger partial charge on any atom is -0.394 e. The fourth-order valence-electron chi connectivity index (χ4n) is 5.70. The van der Waals surface area contributed by atoms with Gasteiger partial charge in [-0.3, -0.25) is 14.4 Å². The Morgan fingerprint density at radius 1 is 1.30 bits per heavy atom. The van der Waals surface area contributed by atoms with Crippen LogP contribution in [-0.4, -0.2) is 98.4 Å². The molecule has 33 heavy (non-hydrogen) atoms. The smallest absolute Gasteiger partial charge is 0.249 e. The van der Waals surface area contributed by atoms with Crippen LogP contribution in [0.4, 0.5) is 0 Å². The zero-order valence-electron chi connectivity index (χ0n) is 20.2. The molecule has 3 amide bonds. The number of carbonyl (C=O) groups is 3. The molecule has 3 aliphatic heterocycles. The lowest BCUT2D eigenvalue weighted by atomic mass is 9.70. The van der Waals surface area contributed by atoms with Gasteiger partial charge in [0, 0.05) is 30.5 Å². The van der Waals surface area contributed by atoms with Crippen LogP contribution in [0.2, 0.25) is 0 Å². The molecule has 184 valence electrons. The van der Waals surface area contributed by atoms with Crippen molar-refractivity contribution in [2.75, 3.05) is 26.7 Å². The fraction of sp³-hybridized carbons (Fsp3) is 0.708. The van der Waals surface area contributed by atoms with E-state index in [1.165, 1.54) is 9.80 Å². The number of likely N-dealkylation sites (tertiary alicyclic amines) is 1. The number of halogens is 1. The molecule has 2 bridgehead atoms. The van der Waals surface area contributed by atoms with E-state index in [1.54, 1.807) is 31.0 Å². The summed E-state index contributed by atoms with van der Waals surface area (Å²) in [6.45, 7) is 15.3. The van der Waals surface area contributed by atoms with E-state index in [0.29, 0.717) is 19.5 Å². The number of aliphatic hydroxyl groups is 1. The minimum atomic E-state index is -1.14. The van der Waals surface area contributed by atoms with Gasteiger partial charge in [-0.2, -0.15) is 0 Å². The third-order valence-electron chi connectivity index (χ3n) is 7.15. The van der Waals surface area contributed by atoms with Gasteiger partial charge >= 0.3 is 0 Å². The SMILES string of the molecule is C=CCN(C)C(=O)[C@H]1[C@@H]2OC3(CC2Br)C(C(=O)N(CC=C)C(C)(C)C)N([C@H](C)CO)C(=O)[C@H]13. The number of rotatable bonds is 8. The van der Waals surface area contributed by atoms with Gasteiger partial charge in [-0.1, -0.05) is 28.1 Å². The maximum atomic E-state index is 14.1. The summed E-state index contributed by atoms with van der Waals surface area (Å²) in [5.74, 6) is -2.27. The van der Waals surface area contributed by atoms with Crippen LogP contribution in [0, 0.1) is 11.8 Å². The maximum Gasteiger partial charge on any atom is 0.249 e. The summed E-state index contributed by atoms with van der Waals surface area (Å²) in [7, 11) is 1.67. The van der Waals surface area contributed by atoms with Crippen molar-refractivity contribution < 1.29 is 24.2 Å². The Balaban J connectivity index is 2.13. The summed E-state index contributed by atoms with van der Waals surface area (Å²) in [6, 6.07) is -1.54. The second kappa shape index (κ2) is 9.15. The summed E-state index contributed by atoms with van der Waals surface area (Å²) >= 11 is 3.67. The van der Waals surface area contributed by atoms with Gasteiger partial charge in [0.2, 0.25) is 17.7 Å². The van der Waals surface area contributed by atoms with E-state index in [2.05, 4.69) is 29.1 Å². The molecular formula is C24H36BrN3O5. The number of nitrogens with zero attached hydrogens (tertiary/aromatic N) is 3. The molecule has 0 aliphatic carbocycles. The quantitative estimate of drug-likeness (QED) is 0.383. The molecular weight excluding hydrogens is 490 g/mol. The van der Waals surface area contributed by atoms with Crippen molar-refractivity contribution in [2.45, 2.75) is 68.3 Å². The Bertz CT molecular complexity index is 842. The predicted octanol–water partition coefficient (Wildman–Crippen LogP) is 1.57. The molecule has 3 rings (SSSR count). The van der Waals surface area contributed by atoms with Gasteiger partial charge < -0.3 is 24.5 Å². The van der Waals surface area contributed by atoms with Gasteiger partial charge in [-0.15, -0.1) is 13.2 Å². The first-order chi connectivity index (χ1) is 15.4. The third kappa shape index (κ3) is 3.96. The zero-order chi connectivity index (χ0) is 24.9. The van der Waals surface area contributed by atoms with Gasteiger partial charge in [-0.25, -0.2) is 0 Å². The van der Waals surface area contributed by atoms with Crippen LogP contribution in [-0.2, 0) is 19.1 Å². The van der Waals surface area contributed by atoms with Crippen molar-refractivity contribution in [1.82, 2.24) is 14.7 Å². The van der Waals surface area contributed by atoms with Crippen molar-refractivity contribution >= 4 is 33.7 Å². The molecule has 0 aromatic carbocycles. The molecule has 8 nitrogen and oxygen atoms in total. The van der Waals surface area contributed by atoms with Crippen LogP contribution in [0.5, 0.6) is 0 Å². The molecule has 7 atom stereocenters. The first kappa shape index (κ1) is 25.9. The number of hydrogen-bond acceptors (Lipinski definition) is 5. The Morgan fingerprint density at radius 2 is 1.91 bits per heavy atom. The predicted molar refractivity (Wildman–Crippen MR) is 129 cm³/mol. The second-order valence-electron chi connectivity index (χ2n) is 10.4. The molecule has 9 heteroatoms. The molecule has 1 N–H and O–H groups in total. The lowest BCUT2D eigenvalue weighted by Gasteiger charge is -2.43. The van der Waals surface area contributed by atoms with E-state index in [0.717, 1.165) is 0 Å². The molecule has 3 heterocycles. The summed E-state index contributed by atoms with van der Waals surface area (Å²) < 4.78 is 6.49. The average Bonchev–Trinajstić information content (AvgIpc) is 3.33. The van der Waals surface area contributed by atoms with E-state index in [1.807, 2.05) is 20.8 Å². The van der Waals surface area contributed by atoms with Crippen molar-refractivity contribution in [3.63, 3.8) is 0 Å². The van der Waals surface area contributed by atoms with E-state index in [-0.39, 0.29) is 29.2 Å². The van der Waals surface area contributed by atoms with E-state index in [4.69, 9.17) is 4.74 Å². The number of hydrogen-bond donors (Lipinski definition) is 1. The molecule has 1 spiro atoms. The van der Waals surface area contributed by atoms with Crippen molar-refractivity contribution in [3.8, 4) is 0 Å². The Hall–Kier alpha value is -1.71. The van der Waals surface area contributed by atoms with Gasteiger partial charge in [0.15, 0.2) is 0 Å². The molecule has 0 saturated carbocycles. The van der Waals surface area contributed by atoms with Gasteiger partial charge in [0.05, 0.1) is 30.6 Å². The molecule has 3 aliphatic rings. The zero-order valence-corrected chi connectivity index (χ0v) is 21.7. The number of fused-ring (bicyclic) bond motifs is 1. The summed E-state index contributed by atoms with van der Waals surface area (Å²) in [6.07, 6.45) is 3.21. The molecule has 3 unspecified atom stereocenters. The van der Waals surface area contributed by atoms with Crippen LogP contribution >= 0.6 is 15.9 Å². The van der Waals surface area contributed by atoms with Crippen molar-refractivity contribution in [2.24, 2.45) is 11.8 Å². The Morgan fingerprint density at radius 3 is 2.42 bits per heavy atom. The largest absolute Gasteiger partial charge is 0.394 e. The number of likely N-dealkylation sites (N-methyl/N-ethyl adjacent to an activating group) is 1. The first-order valence-corrected chi connectivity index (χ1v) is 12.3.